The van der Waals surface area contributed by atoms with Gasteiger partial charge in [-0.2, -0.15) is 13.2 Å². The molecule has 2 N–H and O–H groups in total. The van der Waals surface area contributed by atoms with Crippen molar-refractivity contribution in [2.24, 2.45) is 5.73 Å². The molecule has 112 valence electrons. The minimum atomic E-state index is -4.34. The second-order valence-corrected chi connectivity index (χ2v) is 5.36. The Hall–Kier alpha value is -1.81. The fourth-order valence-electron chi connectivity index (χ4n) is 2.32. The van der Waals surface area contributed by atoms with Gasteiger partial charge in [0, 0.05) is 6.04 Å². The highest BCUT2D eigenvalue weighted by Gasteiger charge is 2.30. The Bertz CT molecular complexity index is 632. The second kappa shape index (κ2) is 5.90. The lowest BCUT2D eigenvalue weighted by Gasteiger charge is -2.16. The molecule has 0 aliphatic rings. The van der Waals surface area contributed by atoms with E-state index in [1.165, 1.54) is 6.07 Å². The van der Waals surface area contributed by atoms with Crippen LogP contribution < -0.4 is 5.73 Å². The Kier molecular flexibility index (Phi) is 4.37. The molecule has 0 bridgehead atoms. The molecule has 0 aliphatic heterocycles. The van der Waals surface area contributed by atoms with Crippen LogP contribution in [0.4, 0.5) is 13.2 Å². The third-order valence-electron chi connectivity index (χ3n) is 3.59. The number of alkyl halides is 3. The van der Waals surface area contributed by atoms with E-state index in [0.29, 0.717) is 12.0 Å². The molecule has 4 heteroatoms. The van der Waals surface area contributed by atoms with Crippen LogP contribution in [-0.2, 0) is 12.6 Å². The lowest BCUT2D eigenvalue weighted by Crippen LogP contribution is -2.15. The number of aryl methyl sites for hydroxylation is 2. The first kappa shape index (κ1) is 15.6. The first-order chi connectivity index (χ1) is 9.77. The summed E-state index contributed by atoms with van der Waals surface area (Å²) in [5.41, 5.74) is 9.23. The van der Waals surface area contributed by atoms with Crippen LogP contribution in [0.3, 0.4) is 0 Å². The number of hydrogen-bond donors (Lipinski definition) is 1. The summed E-state index contributed by atoms with van der Waals surface area (Å²) in [4.78, 5) is 0. The van der Waals surface area contributed by atoms with Crippen LogP contribution >= 0.6 is 0 Å². The average Bonchev–Trinajstić information content (AvgIpc) is 2.42. The smallest absolute Gasteiger partial charge is 0.324 e. The van der Waals surface area contributed by atoms with Gasteiger partial charge in [0.1, 0.15) is 0 Å². The van der Waals surface area contributed by atoms with E-state index in [1.807, 2.05) is 32.0 Å². The van der Waals surface area contributed by atoms with Gasteiger partial charge in [-0.3, -0.25) is 0 Å². The Labute approximate surface area is 122 Å². The van der Waals surface area contributed by atoms with E-state index in [4.69, 9.17) is 5.73 Å². The standard InChI is InChI=1S/C17H18F3N/c1-11-6-7-12(2)14(8-11)10-16(21)13-4-3-5-15(9-13)17(18,19)20/h3-9,16H,10,21H2,1-2H3. The molecule has 1 unspecified atom stereocenters. The van der Waals surface area contributed by atoms with Crippen molar-refractivity contribution in [3.05, 3.63) is 70.3 Å². The second-order valence-electron chi connectivity index (χ2n) is 5.36. The molecule has 0 aromatic heterocycles. The van der Waals surface area contributed by atoms with Gasteiger partial charge < -0.3 is 5.73 Å². The zero-order chi connectivity index (χ0) is 15.6. The average molecular weight is 293 g/mol. The molecule has 2 aromatic rings. The molecule has 2 rings (SSSR count). The molecule has 0 radical (unpaired) electrons. The van der Waals surface area contributed by atoms with Crippen molar-refractivity contribution in [2.75, 3.05) is 0 Å². The molecular formula is C17H18F3N. The quantitative estimate of drug-likeness (QED) is 0.881. The largest absolute Gasteiger partial charge is 0.416 e. The maximum absolute atomic E-state index is 12.7. The van der Waals surface area contributed by atoms with E-state index < -0.39 is 17.8 Å². The maximum atomic E-state index is 12.7. The molecule has 0 heterocycles. The van der Waals surface area contributed by atoms with Gasteiger partial charge >= 0.3 is 6.18 Å². The van der Waals surface area contributed by atoms with Gasteiger partial charge in [-0.1, -0.05) is 35.9 Å². The van der Waals surface area contributed by atoms with Crippen LogP contribution in [0.15, 0.2) is 42.5 Å². The van der Waals surface area contributed by atoms with Gasteiger partial charge in [-0.25, -0.2) is 0 Å². The molecule has 21 heavy (non-hydrogen) atoms. The zero-order valence-corrected chi connectivity index (χ0v) is 12.0. The summed E-state index contributed by atoms with van der Waals surface area (Å²) >= 11 is 0. The summed E-state index contributed by atoms with van der Waals surface area (Å²) in [6, 6.07) is 10.8. The number of benzene rings is 2. The summed E-state index contributed by atoms with van der Waals surface area (Å²) in [7, 11) is 0. The third-order valence-corrected chi connectivity index (χ3v) is 3.59. The lowest BCUT2D eigenvalue weighted by molar-refractivity contribution is -0.137. The fraction of sp³-hybridized carbons (Fsp3) is 0.294. The summed E-state index contributed by atoms with van der Waals surface area (Å²) in [6.45, 7) is 3.96. The van der Waals surface area contributed by atoms with Crippen LogP contribution in [0, 0.1) is 13.8 Å². The summed E-state index contributed by atoms with van der Waals surface area (Å²) in [6.07, 6.45) is -3.82. The maximum Gasteiger partial charge on any atom is 0.416 e. The molecule has 2 aromatic carbocycles. The highest BCUT2D eigenvalue weighted by molar-refractivity contribution is 5.34. The first-order valence-electron chi connectivity index (χ1n) is 6.76. The molecule has 0 saturated heterocycles. The number of hydrogen-bond acceptors (Lipinski definition) is 1. The molecular weight excluding hydrogens is 275 g/mol. The van der Waals surface area contributed by atoms with Gasteiger partial charge in [0.25, 0.3) is 0 Å². The van der Waals surface area contributed by atoms with E-state index in [1.54, 1.807) is 6.07 Å². The number of nitrogens with two attached hydrogens (primary N) is 1. The van der Waals surface area contributed by atoms with E-state index in [0.717, 1.165) is 28.8 Å². The highest BCUT2D eigenvalue weighted by atomic mass is 19.4. The molecule has 0 amide bonds. The number of rotatable bonds is 3. The van der Waals surface area contributed by atoms with Gasteiger partial charge in [0.15, 0.2) is 0 Å². The Morgan fingerprint density at radius 3 is 2.43 bits per heavy atom. The number of halogens is 3. The van der Waals surface area contributed by atoms with Crippen LogP contribution in [0.2, 0.25) is 0 Å². The van der Waals surface area contributed by atoms with Crippen molar-refractivity contribution in [3.8, 4) is 0 Å². The highest BCUT2D eigenvalue weighted by Crippen LogP contribution is 2.31. The molecule has 0 saturated carbocycles. The van der Waals surface area contributed by atoms with Crippen molar-refractivity contribution in [1.29, 1.82) is 0 Å². The van der Waals surface area contributed by atoms with Gasteiger partial charge in [-0.05, 0) is 49.1 Å². The van der Waals surface area contributed by atoms with Crippen LogP contribution in [0.25, 0.3) is 0 Å². The molecule has 1 nitrogen and oxygen atoms in total. The first-order valence-corrected chi connectivity index (χ1v) is 6.76. The Morgan fingerprint density at radius 1 is 1.05 bits per heavy atom. The van der Waals surface area contributed by atoms with Crippen molar-refractivity contribution >= 4 is 0 Å². The molecule has 1 atom stereocenters. The van der Waals surface area contributed by atoms with E-state index in [-0.39, 0.29) is 0 Å². The lowest BCUT2D eigenvalue weighted by atomic mass is 9.94. The Morgan fingerprint density at radius 2 is 1.76 bits per heavy atom. The minimum absolute atomic E-state index is 0.451. The minimum Gasteiger partial charge on any atom is -0.324 e. The van der Waals surface area contributed by atoms with Crippen molar-refractivity contribution in [3.63, 3.8) is 0 Å². The Balaban J connectivity index is 2.24. The van der Waals surface area contributed by atoms with Crippen molar-refractivity contribution < 1.29 is 13.2 Å². The summed E-state index contributed by atoms with van der Waals surface area (Å²) in [5.74, 6) is 0. The topological polar surface area (TPSA) is 26.0 Å². The van der Waals surface area contributed by atoms with E-state index >= 15 is 0 Å². The van der Waals surface area contributed by atoms with Gasteiger partial charge in [0.05, 0.1) is 5.56 Å². The van der Waals surface area contributed by atoms with Crippen LogP contribution in [0.1, 0.15) is 33.9 Å². The van der Waals surface area contributed by atoms with Gasteiger partial charge in [-0.15, -0.1) is 0 Å². The molecule has 0 aliphatic carbocycles. The van der Waals surface area contributed by atoms with Crippen LogP contribution in [-0.4, -0.2) is 0 Å². The fourth-order valence-corrected chi connectivity index (χ4v) is 2.32. The van der Waals surface area contributed by atoms with E-state index in [2.05, 4.69) is 0 Å². The van der Waals surface area contributed by atoms with Crippen molar-refractivity contribution in [1.82, 2.24) is 0 Å². The predicted molar refractivity (Wildman–Crippen MR) is 78.0 cm³/mol. The summed E-state index contributed by atoms with van der Waals surface area (Å²) < 4.78 is 38.2. The van der Waals surface area contributed by atoms with Crippen LogP contribution in [0.5, 0.6) is 0 Å². The molecule has 0 fully saturated rings. The third kappa shape index (κ3) is 3.85. The van der Waals surface area contributed by atoms with E-state index in [9.17, 15) is 13.2 Å². The van der Waals surface area contributed by atoms with Crippen molar-refractivity contribution in [2.45, 2.75) is 32.5 Å². The normalized spacial score (nSPS) is 13.2. The monoisotopic (exact) mass is 293 g/mol. The predicted octanol–water partition coefficient (Wildman–Crippen LogP) is 4.56. The zero-order valence-electron chi connectivity index (χ0n) is 12.0. The van der Waals surface area contributed by atoms with Gasteiger partial charge in [0.2, 0.25) is 0 Å². The SMILES string of the molecule is Cc1ccc(C)c(CC(N)c2cccc(C(F)(F)F)c2)c1. The molecule has 0 spiro atoms. The summed E-state index contributed by atoms with van der Waals surface area (Å²) in [5, 5.41) is 0.